The van der Waals surface area contributed by atoms with Gasteiger partial charge < -0.3 is 10.2 Å². The van der Waals surface area contributed by atoms with Crippen LogP contribution >= 0.6 is 0 Å². The molecule has 6 nitrogen and oxygen atoms in total. The molecule has 1 amide bonds. The van der Waals surface area contributed by atoms with Crippen molar-refractivity contribution in [2.45, 2.75) is 46.6 Å². The lowest BCUT2D eigenvalue weighted by Gasteiger charge is -2.24. The molecule has 1 aromatic carbocycles. The van der Waals surface area contributed by atoms with Crippen molar-refractivity contribution in [1.29, 1.82) is 0 Å². The zero-order chi connectivity index (χ0) is 18.0. The average molecular weight is 341 g/mol. The van der Waals surface area contributed by atoms with Gasteiger partial charge in [0.05, 0.1) is 11.7 Å². The molecule has 0 spiro atoms. The minimum absolute atomic E-state index is 0.0785. The SMILES string of the molecule is CCN(C(=O)c1nnn(C2CCNCC2)c1C)c1cc(C)cc(C)c1. The van der Waals surface area contributed by atoms with Crippen molar-refractivity contribution in [2.24, 2.45) is 0 Å². The Hall–Kier alpha value is -2.21. The second kappa shape index (κ2) is 7.35. The highest BCUT2D eigenvalue weighted by Crippen LogP contribution is 2.24. The van der Waals surface area contributed by atoms with Crippen molar-refractivity contribution >= 4 is 11.6 Å². The van der Waals surface area contributed by atoms with E-state index in [1.807, 2.05) is 44.5 Å². The fraction of sp³-hybridized carbons (Fsp3) is 0.526. The Morgan fingerprint density at radius 2 is 1.84 bits per heavy atom. The Morgan fingerprint density at radius 3 is 2.44 bits per heavy atom. The molecule has 0 saturated carbocycles. The smallest absolute Gasteiger partial charge is 0.280 e. The number of aryl methyl sites for hydroxylation is 2. The van der Waals surface area contributed by atoms with E-state index in [4.69, 9.17) is 0 Å². The Kier molecular flexibility index (Phi) is 5.18. The minimum Gasteiger partial charge on any atom is -0.317 e. The van der Waals surface area contributed by atoms with E-state index in [0.29, 0.717) is 18.3 Å². The van der Waals surface area contributed by atoms with Gasteiger partial charge in [-0.3, -0.25) is 4.79 Å². The zero-order valence-corrected chi connectivity index (χ0v) is 15.5. The van der Waals surface area contributed by atoms with Crippen LogP contribution in [0.4, 0.5) is 5.69 Å². The van der Waals surface area contributed by atoms with Crippen molar-refractivity contribution < 1.29 is 4.79 Å². The number of carbonyl (C=O) groups is 1. The molecule has 0 radical (unpaired) electrons. The van der Waals surface area contributed by atoms with E-state index in [9.17, 15) is 4.79 Å². The van der Waals surface area contributed by atoms with Crippen LogP contribution in [0.1, 0.15) is 53.1 Å². The van der Waals surface area contributed by atoms with Gasteiger partial charge in [0.2, 0.25) is 0 Å². The molecule has 0 atom stereocenters. The third-order valence-corrected chi connectivity index (χ3v) is 4.86. The number of carbonyl (C=O) groups excluding carboxylic acids is 1. The molecule has 0 bridgehead atoms. The Morgan fingerprint density at radius 1 is 1.20 bits per heavy atom. The molecule has 134 valence electrons. The molecule has 1 aromatic heterocycles. The van der Waals surface area contributed by atoms with Crippen molar-refractivity contribution in [2.75, 3.05) is 24.5 Å². The van der Waals surface area contributed by atoms with Crippen LogP contribution in [0.15, 0.2) is 18.2 Å². The largest absolute Gasteiger partial charge is 0.317 e. The summed E-state index contributed by atoms with van der Waals surface area (Å²) in [4.78, 5) is 14.9. The topological polar surface area (TPSA) is 63.1 Å². The van der Waals surface area contributed by atoms with Crippen molar-refractivity contribution in [3.05, 3.63) is 40.7 Å². The molecule has 2 aromatic rings. The van der Waals surface area contributed by atoms with Gasteiger partial charge in [-0.1, -0.05) is 11.3 Å². The van der Waals surface area contributed by atoms with Crippen molar-refractivity contribution in [3.63, 3.8) is 0 Å². The molecule has 25 heavy (non-hydrogen) atoms. The second-order valence-corrected chi connectivity index (χ2v) is 6.84. The fourth-order valence-electron chi connectivity index (χ4n) is 3.61. The average Bonchev–Trinajstić information content (AvgIpc) is 2.97. The number of hydrogen-bond donors (Lipinski definition) is 1. The molecule has 0 aliphatic carbocycles. The second-order valence-electron chi connectivity index (χ2n) is 6.84. The van der Waals surface area contributed by atoms with Gasteiger partial charge >= 0.3 is 0 Å². The standard InChI is InChI=1S/C19H27N5O/c1-5-23(17-11-13(2)10-14(3)12-17)19(25)18-15(4)24(22-21-18)16-6-8-20-9-7-16/h10-12,16,20H,5-9H2,1-4H3. The number of hydrogen-bond acceptors (Lipinski definition) is 4. The molecule has 3 rings (SSSR count). The Labute approximate surface area is 149 Å². The number of anilines is 1. The number of aromatic nitrogens is 3. The minimum atomic E-state index is -0.0785. The van der Waals surface area contributed by atoms with Gasteiger partial charge in [0.1, 0.15) is 0 Å². The number of nitrogens with zero attached hydrogens (tertiary/aromatic N) is 4. The van der Waals surface area contributed by atoms with Crippen LogP contribution in [0, 0.1) is 20.8 Å². The molecule has 1 aliphatic heterocycles. The van der Waals surface area contributed by atoms with Gasteiger partial charge in [0, 0.05) is 12.2 Å². The first kappa shape index (κ1) is 17.6. The Balaban J connectivity index is 1.89. The molecule has 1 saturated heterocycles. The number of amides is 1. The van der Waals surface area contributed by atoms with E-state index in [1.165, 1.54) is 0 Å². The molecule has 0 unspecified atom stereocenters. The first-order valence-corrected chi connectivity index (χ1v) is 9.04. The third-order valence-electron chi connectivity index (χ3n) is 4.86. The molecule has 1 N–H and O–H groups in total. The zero-order valence-electron chi connectivity index (χ0n) is 15.5. The maximum absolute atomic E-state index is 13.1. The molecular formula is C19H27N5O. The van der Waals surface area contributed by atoms with Crippen LogP contribution in [0.2, 0.25) is 0 Å². The lowest BCUT2D eigenvalue weighted by Crippen LogP contribution is -2.32. The molecule has 1 fully saturated rings. The fourth-order valence-corrected chi connectivity index (χ4v) is 3.61. The van der Waals surface area contributed by atoms with E-state index in [2.05, 4.69) is 21.7 Å². The summed E-state index contributed by atoms with van der Waals surface area (Å²) in [5.74, 6) is -0.0785. The van der Waals surface area contributed by atoms with Gasteiger partial charge in [0.15, 0.2) is 5.69 Å². The number of piperidine rings is 1. The summed E-state index contributed by atoms with van der Waals surface area (Å²) in [6.45, 7) is 10.6. The molecule has 2 heterocycles. The normalized spacial score (nSPS) is 15.4. The molecule has 1 aliphatic rings. The van der Waals surface area contributed by atoms with E-state index in [1.54, 1.807) is 4.90 Å². The van der Waals surface area contributed by atoms with Crippen LogP contribution in [-0.2, 0) is 0 Å². The quantitative estimate of drug-likeness (QED) is 0.929. The summed E-state index contributed by atoms with van der Waals surface area (Å²) in [7, 11) is 0. The van der Waals surface area contributed by atoms with E-state index >= 15 is 0 Å². The van der Waals surface area contributed by atoms with Gasteiger partial charge in [-0.25, -0.2) is 4.68 Å². The lowest BCUT2D eigenvalue weighted by atomic mass is 10.1. The summed E-state index contributed by atoms with van der Waals surface area (Å²) >= 11 is 0. The summed E-state index contributed by atoms with van der Waals surface area (Å²) in [6, 6.07) is 6.52. The predicted molar refractivity (Wildman–Crippen MR) is 99.2 cm³/mol. The maximum Gasteiger partial charge on any atom is 0.280 e. The highest BCUT2D eigenvalue weighted by atomic mass is 16.2. The summed E-state index contributed by atoms with van der Waals surface area (Å²) < 4.78 is 1.93. The number of nitrogens with one attached hydrogen (secondary N) is 1. The third kappa shape index (κ3) is 3.58. The van der Waals surface area contributed by atoms with E-state index in [0.717, 1.165) is 48.4 Å². The summed E-state index contributed by atoms with van der Waals surface area (Å²) in [6.07, 6.45) is 2.04. The highest BCUT2D eigenvalue weighted by molar-refractivity contribution is 6.05. The van der Waals surface area contributed by atoms with Crippen LogP contribution < -0.4 is 10.2 Å². The highest BCUT2D eigenvalue weighted by Gasteiger charge is 2.26. The van der Waals surface area contributed by atoms with Crippen LogP contribution in [0.3, 0.4) is 0 Å². The Bertz CT molecular complexity index is 741. The number of benzene rings is 1. The maximum atomic E-state index is 13.1. The van der Waals surface area contributed by atoms with Crippen molar-refractivity contribution in [3.8, 4) is 0 Å². The lowest BCUT2D eigenvalue weighted by molar-refractivity contribution is 0.0983. The molecule has 6 heteroatoms. The summed E-state index contributed by atoms with van der Waals surface area (Å²) in [5, 5.41) is 11.9. The van der Waals surface area contributed by atoms with Gasteiger partial charge in [-0.15, -0.1) is 5.10 Å². The first-order chi connectivity index (χ1) is 12.0. The van der Waals surface area contributed by atoms with Gasteiger partial charge in [0.25, 0.3) is 5.91 Å². The predicted octanol–water partition coefficient (Wildman–Crippen LogP) is 2.79. The van der Waals surface area contributed by atoms with Crippen molar-refractivity contribution in [1.82, 2.24) is 20.3 Å². The summed E-state index contributed by atoms with van der Waals surface area (Å²) in [5.41, 5.74) is 4.53. The van der Waals surface area contributed by atoms with Gasteiger partial charge in [-0.2, -0.15) is 0 Å². The van der Waals surface area contributed by atoms with Crippen LogP contribution in [0.5, 0.6) is 0 Å². The van der Waals surface area contributed by atoms with E-state index in [-0.39, 0.29) is 5.91 Å². The molecular weight excluding hydrogens is 314 g/mol. The first-order valence-electron chi connectivity index (χ1n) is 9.04. The monoisotopic (exact) mass is 341 g/mol. The van der Waals surface area contributed by atoms with Crippen LogP contribution in [-0.4, -0.2) is 40.5 Å². The van der Waals surface area contributed by atoms with Gasteiger partial charge in [-0.05, 0) is 76.9 Å². The van der Waals surface area contributed by atoms with Crippen LogP contribution in [0.25, 0.3) is 0 Å². The van der Waals surface area contributed by atoms with E-state index < -0.39 is 0 Å². The number of rotatable bonds is 4.